The molecule has 0 bridgehead atoms. The average molecular weight is 181 g/mol. The molecular weight excluding hydrogens is 170 g/mol. The number of aliphatic hydroxyl groups is 2. The van der Waals surface area contributed by atoms with Gasteiger partial charge in [-0.2, -0.15) is 0 Å². The Kier molecular flexibility index (Phi) is 4.49. The molecule has 12 heavy (non-hydrogen) atoms. The van der Waals surface area contributed by atoms with Crippen LogP contribution in [0.15, 0.2) is 0 Å². The van der Waals surface area contributed by atoms with Crippen LogP contribution in [0.4, 0.5) is 0 Å². The van der Waals surface area contributed by atoms with Crippen molar-refractivity contribution in [3.63, 3.8) is 0 Å². The molecule has 1 heterocycles. The molecule has 7 heteroatoms. The van der Waals surface area contributed by atoms with Crippen LogP contribution < -0.4 is 0 Å². The molecule has 0 saturated carbocycles. The minimum Gasteiger partial charge on any atom is -0.396 e. The molecule has 1 saturated heterocycles. The Balaban J connectivity index is 0.000000261. The Bertz CT molecular complexity index is 127. The van der Waals surface area contributed by atoms with Crippen molar-refractivity contribution in [3.8, 4) is 0 Å². The maximum atomic E-state index is 8.60. The van der Waals surface area contributed by atoms with Gasteiger partial charge in [0.1, 0.15) is 0 Å². The van der Waals surface area contributed by atoms with Crippen molar-refractivity contribution >= 4 is 0 Å². The highest BCUT2D eigenvalue weighted by molar-refractivity contribution is 4.83. The van der Waals surface area contributed by atoms with Crippen molar-refractivity contribution in [2.75, 3.05) is 26.4 Å². The quantitative estimate of drug-likeness (QED) is 0.358. The van der Waals surface area contributed by atoms with Gasteiger partial charge in [0.2, 0.25) is 0 Å². The standard InChI is InChI=1S/C5H10O3.HNO3/c6-1-5(2-7)3-8-4-5;2-1(3)4/h6-7H,1-4H2;(H,2,3,4). The van der Waals surface area contributed by atoms with E-state index in [-0.39, 0.29) is 18.6 Å². The van der Waals surface area contributed by atoms with Gasteiger partial charge in [0.15, 0.2) is 0 Å². The van der Waals surface area contributed by atoms with Crippen LogP contribution in [0.1, 0.15) is 0 Å². The SMILES string of the molecule is O=[N+]([O-])O.OCC1(CO)COC1. The normalized spacial score (nSPS) is 18.5. The highest BCUT2D eigenvalue weighted by Gasteiger charge is 2.37. The number of nitrogens with zero attached hydrogens (tertiary/aromatic N) is 1. The van der Waals surface area contributed by atoms with Crippen LogP contribution in [-0.2, 0) is 4.74 Å². The van der Waals surface area contributed by atoms with Crippen LogP contribution in [0.5, 0.6) is 0 Å². The van der Waals surface area contributed by atoms with Gasteiger partial charge in [-0.3, -0.25) is 0 Å². The smallest absolute Gasteiger partial charge is 0.291 e. The van der Waals surface area contributed by atoms with Gasteiger partial charge in [-0.05, 0) is 0 Å². The van der Waals surface area contributed by atoms with Gasteiger partial charge in [0.05, 0.1) is 31.8 Å². The minimum absolute atomic E-state index is 0.0312. The van der Waals surface area contributed by atoms with E-state index in [1.807, 2.05) is 0 Å². The number of aliphatic hydroxyl groups excluding tert-OH is 2. The number of hydrogen-bond acceptors (Lipinski definition) is 5. The molecule has 1 aliphatic heterocycles. The summed E-state index contributed by atoms with van der Waals surface area (Å²) < 4.78 is 4.80. The van der Waals surface area contributed by atoms with Crippen molar-refractivity contribution in [2.24, 2.45) is 5.41 Å². The average Bonchev–Trinajstić information content (AvgIpc) is 1.86. The molecule has 0 aromatic carbocycles. The van der Waals surface area contributed by atoms with Gasteiger partial charge in [-0.25, -0.2) is 0 Å². The van der Waals surface area contributed by atoms with E-state index in [4.69, 9.17) is 30.3 Å². The molecular formula is C5H11NO6. The summed E-state index contributed by atoms with van der Waals surface area (Å²) in [4.78, 5) is 8.36. The Morgan fingerprint density at radius 1 is 1.42 bits per heavy atom. The lowest BCUT2D eigenvalue weighted by Gasteiger charge is -2.37. The van der Waals surface area contributed by atoms with Crippen LogP contribution in [0.3, 0.4) is 0 Å². The predicted octanol–water partition coefficient (Wildman–Crippen LogP) is -1.36. The van der Waals surface area contributed by atoms with Gasteiger partial charge >= 0.3 is 0 Å². The predicted molar refractivity (Wildman–Crippen MR) is 36.2 cm³/mol. The fourth-order valence-corrected chi connectivity index (χ4v) is 0.623. The van der Waals surface area contributed by atoms with Crippen molar-refractivity contribution < 1.29 is 25.2 Å². The molecule has 72 valence electrons. The lowest BCUT2D eigenvalue weighted by atomic mass is 9.88. The van der Waals surface area contributed by atoms with E-state index < -0.39 is 5.09 Å². The van der Waals surface area contributed by atoms with E-state index in [1.54, 1.807) is 0 Å². The van der Waals surface area contributed by atoms with Gasteiger partial charge in [-0.1, -0.05) is 0 Å². The fourth-order valence-electron chi connectivity index (χ4n) is 0.623. The Morgan fingerprint density at radius 2 is 1.75 bits per heavy atom. The maximum absolute atomic E-state index is 8.60. The monoisotopic (exact) mass is 181 g/mol. The largest absolute Gasteiger partial charge is 0.396 e. The zero-order chi connectivity index (χ0) is 9.61. The van der Waals surface area contributed by atoms with Gasteiger partial charge in [0, 0.05) is 0 Å². The van der Waals surface area contributed by atoms with Gasteiger partial charge in [0.25, 0.3) is 5.09 Å². The molecule has 0 aliphatic carbocycles. The van der Waals surface area contributed by atoms with Gasteiger partial charge in [-0.15, -0.1) is 10.1 Å². The zero-order valence-corrected chi connectivity index (χ0v) is 6.34. The van der Waals surface area contributed by atoms with E-state index in [2.05, 4.69) is 0 Å². The molecule has 0 amide bonds. The Labute approximate surface area is 68.3 Å². The highest BCUT2D eigenvalue weighted by atomic mass is 16.9. The molecule has 1 rings (SSSR count). The topological polar surface area (TPSA) is 113 Å². The third-order valence-electron chi connectivity index (χ3n) is 1.49. The van der Waals surface area contributed by atoms with Crippen LogP contribution >= 0.6 is 0 Å². The first-order chi connectivity index (χ1) is 5.56. The van der Waals surface area contributed by atoms with Crippen LogP contribution in [0.25, 0.3) is 0 Å². The van der Waals surface area contributed by atoms with E-state index in [0.717, 1.165) is 0 Å². The lowest BCUT2D eigenvalue weighted by Crippen LogP contribution is -2.48. The third-order valence-corrected chi connectivity index (χ3v) is 1.49. The molecule has 0 atom stereocenters. The molecule has 0 aromatic heterocycles. The second-order valence-corrected chi connectivity index (χ2v) is 2.55. The molecule has 0 aromatic rings. The van der Waals surface area contributed by atoms with Crippen LogP contribution in [0.2, 0.25) is 0 Å². The van der Waals surface area contributed by atoms with Gasteiger partial charge < -0.3 is 20.2 Å². The highest BCUT2D eigenvalue weighted by Crippen LogP contribution is 2.25. The Hall–Kier alpha value is -0.920. The molecule has 0 radical (unpaired) electrons. The molecule has 1 fully saturated rings. The second kappa shape index (κ2) is 4.86. The third kappa shape index (κ3) is 3.46. The van der Waals surface area contributed by atoms with Crippen molar-refractivity contribution in [3.05, 3.63) is 10.1 Å². The summed E-state index contributed by atoms with van der Waals surface area (Å²) >= 11 is 0. The van der Waals surface area contributed by atoms with Crippen LogP contribution in [0, 0.1) is 15.5 Å². The first kappa shape index (κ1) is 11.1. The van der Waals surface area contributed by atoms with E-state index in [0.29, 0.717) is 13.2 Å². The number of ether oxygens (including phenoxy) is 1. The summed E-state index contributed by atoms with van der Waals surface area (Å²) in [6, 6.07) is 0. The molecule has 3 N–H and O–H groups in total. The summed E-state index contributed by atoms with van der Waals surface area (Å²) in [5, 5.41) is 30.8. The summed E-state index contributed by atoms with van der Waals surface area (Å²) in [6.45, 7) is 1.06. The van der Waals surface area contributed by atoms with E-state index in [9.17, 15) is 0 Å². The molecule has 0 unspecified atom stereocenters. The zero-order valence-electron chi connectivity index (χ0n) is 6.34. The summed E-state index contributed by atoms with van der Waals surface area (Å²) in [5.74, 6) is 0. The summed E-state index contributed by atoms with van der Waals surface area (Å²) in [6.07, 6.45) is 0. The minimum atomic E-state index is -1.50. The van der Waals surface area contributed by atoms with Crippen molar-refractivity contribution in [1.29, 1.82) is 0 Å². The second-order valence-electron chi connectivity index (χ2n) is 2.55. The first-order valence-corrected chi connectivity index (χ1v) is 3.19. The van der Waals surface area contributed by atoms with E-state index >= 15 is 0 Å². The molecule has 1 aliphatic rings. The van der Waals surface area contributed by atoms with E-state index in [1.165, 1.54) is 0 Å². The van der Waals surface area contributed by atoms with Crippen LogP contribution in [-0.4, -0.2) is 46.9 Å². The fraction of sp³-hybridized carbons (Fsp3) is 1.00. The van der Waals surface area contributed by atoms with Crippen molar-refractivity contribution in [1.82, 2.24) is 0 Å². The summed E-state index contributed by atoms with van der Waals surface area (Å²) in [5.41, 5.74) is -0.306. The maximum Gasteiger partial charge on any atom is 0.291 e. The molecule has 0 spiro atoms. The first-order valence-electron chi connectivity index (χ1n) is 3.19. The summed E-state index contributed by atoms with van der Waals surface area (Å²) in [7, 11) is 0. The Morgan fingerprint density at radius 3 is 1.75 bits per heavy atom. The number of rotatable bonds is 2. The molecule has 7 nitrogen and oxygen atoms in total. The van der Waals surface area contributed by atoms with Crippen molar-refractivity contribution in [2.45, 2.75) is 0 Å². The number of hydrogen-bond donors (Lipinski definition) is 3. The lowest BCUT2D eigenvalue weighted by molar-refractivity contribution is -0.742.